The molecule has 1 amide bonds. The molecule has 0 radical (unpaired) electrons. The molecule has 2 N–H and O–H groups in total. The first kappa shape index (κ1) is 11.5. The summed E-state index contributed by atoms with van der Waals surface area (Å²) < 4.78 is 5.54. The Morgan fingerprint density at radius 3 is 2.50 bits per heavy atom. The van der Waals surface area contributed by atoms with Crippen LogP contribution < -0.4 is 5.73 Å². The summed E-state index contributed by atoms with van der Waals surface area (Å²) in [4.78, 5) is 13.6. The molecule has 0 spiro atoms. The van der Waals surface area contributed by atoms with Gasteiger partial charge in [0.15, 0.2) is 0 Å². The third kappa shape index (κ3) is 2.45. The number of carbonyl (C=O) groups is 1. The molecule has 1 heterocycles. The highest BCUT2D eigenvalue weighted by atomic mass is 16.5. The van der Waals surface area contributed by atoms with Gasteiger partial charge in [0.2, 0.25) is 0 Å². The number of rotatable bonds is 4. The van der Waals surface area contributed by atoms with Crippen molar-refractivity contribution < 1.29 is 9.53 Å². The molecule has 1 saturated heterocycles. The second kappa shape index (κ2) is 5.32. The first-order valence-electron chi connectivity index (χ1n) is 5.37. The fourth-order valence-electron chi connectivity index (χ4n) is 1.80. The number of likely N-dealkylation sites (N-methyl/N-ethyl adjacent to an activating group) is 1. The van der Waals surface area contributed by atoms with Crippen molar-refractivity contribution in [1.29, 1.82) is 0 Å². The topological polar surface area (TPSA) is 55.6 Å². The third-order valence-corrected chi connectivity index (χ3v) is 2.72. The van der Waals surface area contributed by atoms with E-state index in [9.17, 15) is 4.79 Å². The Kier molecular flexibility index (Phi) is 4.35. The van der Waals surface area contributed by atoms with Gasteiger partial charge in [-0.2, -0.15) is 0 Å². The van der Waals surface area contributed by atoms with Crippen molar-refractivity contribution in [3.05, 3.63) is 0 Å². The van der Waals surface area contributed by atoms with Gasteiger partial charge in [0.1, 0.15) is 6.10 Å². The monoisotopic (exact) mass is 200 g/mol. The highest BCUT2D eigenvalue weighted by molar-refractivity contribution is 5.81. The van der Waals surface area contributed by atoms with Gasteiger partial charge in [-0.3, -0.25) is 4.79 Å². The second-order valence-electron chi connectivity index (χ2n) is 3.57. The van der Waals surface area contributed by atoms with Crippen LogP contribution in [0.5, 0.6) is 0 Å². The standard InChI is InChI=1S/C10H20N2O2/c1-3-12(4-2)10(13)9-6-5-8(7-11)14-9/h8-9H,3-7,11H2,1-2H3. The Morgan fingerprint density at radius 1 is 1.43 bits per heavy atom. The third-order valence-electron chi connectivity index (χ3n) is 2.72. The van der Waals surface area contributed by atoms with E-state index in [0.717, 1.165) is 25.9 Å². The lowest BCUT2D eigenvalue weighted by Crippen LogP contribution is -2.39. The first-order chi connectivity index (χ1) is 6.72. The Bertz CT molecular complexity index is 193. The van der Waals surface area contributed by atoms with E-state index in [4.69, 9.17) is 10.5 Å². The number of nitrogens with two attached hydrogens (primary N) is 1. The number of ether oxygens (including phenoxy) is 1. The van der Waals surface area contributed by atoms with Crippen molar-refractivity contribution >= 4 is 5.91 Å². The molecule has 0 aromatic heterocycles. The minimum atomic E-state index is -0.247. The summed E-state index contributed by atoms with van der Waals surface area (Å²) in [5, 5.41) is 0. The largest absolute Gasteiger partial charge is 0.364 e. The fourth-order valence-corrected chi connectivity index (χ4v) is 1.80. The maximum atomic E-state index is 11.8. The van der Waals surface area contributed by atoms with Crippen LogP contribution in [0.1, 0.15) is 26.7 Å². The average molecular weight is 200 g/mol. The van der Waals surface area contributed by atoms with Gasteiger partial charge in [0.05, 0.1) is 6.10 Å². The van der Waals surface area contributed by atoms with Crippen LogP contribution in [0.25, 0.3) is 0 Å². The maximum Gasteiger partial charge on any atom is 0.251 e. The summed E-state index contributed by atoms with van der Waals surface area (Å²) in [7, 11) is 0. The predicted octanol–water partition coefficient (Wildman–Crippen LogP) is 0.361. The van der Waals surface area contributed by atoms with Gasteiger partial charge < -0.3 is 15.4 Å². The zero-order valence-corrected chi connectivity index (χ0v) is 9.03. The highest BCUT2D eigenvalue weighted by Gasteiger charge is 2.31. The summed E-state index contributed by atoms with van der Waals surface area (Å²) in [5.41, 5.74) is 5.49. The number of hydrogen-bond acceptors (Lipinski definition) is 3. The normalized spacial score (nSPS) is 26.5. The Morgan fingerprint density at radius 2 is 2.07 bits per heavy atom. The number of hydrogen-bond donors (Lipinski definition) is 1. The molecule has 0 bridgehead atoms. The van der Waals surface area contributed by atoms with Crippen molar-refractivity contribution in [1.82, 2.24) is 4.90 Å². The lowest BCUT2D eigenvalue weighted by atomic mass is 10.2. The molecule has 14 heavy (non-hydrogen) atoms. The summed E-state index contributed by atoms with van der Waals surface area (Å²) in [6.45, 7) is 5.99. The van der Waals surface area contributed by atoms with Crippen LogP contribution in [0.3, 0.4) is 0 Å². The van der Waals surface area contributed by atoms with E-state index in [1.165, 1.54) is 0 Å². The molecule has 0 aromatic rings. The molecule has 0 saturated carbocycles. The van der Waals surface area contributed by atoms with Gasteiger partial charge in [-0.25, -0.2) is 0 Å². The van der Waals surface area contributed by atoms with E-state index in [-0.39, 0.29) is 18.1 Å². The molecule has 1 aliphatic heterocycles. The first-order valence-corrected chi connectivity index (χ1v) is 5.37. The lowest BCUT2D eigenvalue weighted by molar-refractivity contribution is -0.142. The average Bonchev–Trinajstić information content (AvgIpc) is 2.67. The molecule has 2 atom stereocenters. The molecule has 1 rings (SSSR count). The predicted molar refractivity (Wildman–Crippen MR) is 54.9 cm³/mol. The van der Waals surface area contributed by atoms with E-state index in [2.05, 4.69) is 0 Å². The zero-order valence-electron chi connectivity index (χ0n) is 9.03. The highest BCUT2D eigenvalue weighted by Crippen LogP contribution is 2.20. The smallest absolute Gasteiger partial charge is 0.251 e. The van der Waals surface area contributed by atoms with Crippen molar-refractivity contribution in [3.63, 3.8) is 0 Å². The minimum Gasteiger partial charge on any atom is -0.364 e. The van der Waals surface area contributed by atoms with Crippen molar-refractivity contribution in [2.45, 2.75) is 38.9 Å². The van der Waals surface area contributed by atoms with Crippen LogP contribution >= 0.6 is 0 Å². The van der Waals surface area contributed by atoms with E-state index in [0.29, 0.717) is 6.54 Å². The lowest BCUT2D eigenvalue weighted by Gasteiger charge is -2.22. The summed E-state index contributed by atoms with van der Waals surface area (Å²) in [6, 6.07) is 0. The second-order valence-corrected chi connectivity index (χ2v) is 3.57. The number of nitrogens with zero attached hydrogens (tertiary/aromatic N) is 1. The molecule has 1 fully saturated rings. The minimum absolute atomic E-state index is 0.0829. The van der Waals surface area contributed by atoms with Crippen LogP contribution in [0.4, 0.5) is 0 Å². The van der Waals surface area contributed by atoms with Crippen molar-refractivity contribution in [3.8, 4) is 0 Å². The van der Waals surface area contributed by atoms with Crippen LogP contribution in [0.2, 0.25) is 0 Å². The Balaban J connectivity index is 2.45. The number of carbonyl (C=O) groups excluding carboxylic acids is 1. The Labute approximate surface area is 85.4 Å². The van der Waals surface area contributed by atoms with E-state index in [1.54, 1.807) is 0 Å². The van der Waals surface area contributed by atoms with Gasteiger partial charge in [-0.1, -0.05) is 0 Å². The summed E-state index contributed by atoms with van der Waals surface area (Å²) in [5.74, 6) is 0.117. The zero-order chi connectivity index (χ0) is 10.6. The molecule has 4 nitrogen and oxygen atoms in total. The molecular weight excluding hydrogens is 180 g/mol. The molecule has 0 aliphatic carbocycles. The van der Waals surface area contributed by atoms with E-state index >= 15 is 0 Å². The van der Waals surface area contributed by atoms with Gasteiger partial charge in [0, 0.05) is 19.6 Å². The number of amides is 1. The van der Waals surface area contributed by atoms with E-state index < -0.39 is 0 Å². The van der Waals surface area contributed by atoms with E-state index in [1.807, 2.05) is 18.7 Å². The molecule has 0 aromatic carbocycles. The molecule has 2 unspecified atom stereocenters. The molecular formula is C10H20N2O2. The molecule has 1 aliphatic rings. The quantitative estimate of drug-likeness (QED) is 0.713. The van der Waals surface area contributed by atoms with Crippen LogP contribution in [0, 0.1) is 0 Å². The van der Waals surface area contributed by atoms with Gasteiger partial charge in [-0.05, 0) is 26.7 Å². The Hall–Kier alpha value is -0.610. The van der Waals surface area contributed by atoms with Crippen molar-refractivity contribution in [2.75, 3.05) is 19.6 Å². The molecule has 4 heteroatoms. The van der Waals surface area contributed by atoms with Crippen LogP contribution in [-0.4, -0.2) is 42.6 Å². The fraction of sp³-hybridized carbons (Fsp3) is 0.900. The van der Waals surface area contributed by atoms with Gasteiger partial charge in [-0.15, -0.1) is 0 Å². The summed E-state index contributed by atoms with van der Waals surface area (Å²) in [6.07, 6.45) is 1.56. The summed E-state index contributed by atoms with van der Waals surface area (Å²) >= 11 is 0. The SMILES string of the molecule is CCN(CC)C(=O)C1CCC(CN)O1. The van der Waals surface area contributed by atoms with Gasteiger partial charge >= 0.3 is 0 Å². The van der Waals surface area contributed by atoms with Crippen LogP contribution in [-0.2, 0) is 9.53 Å². The van der Waals surface area contributed by atoms with Crippen molar-refractivity contribution in [2.24, 2.45) is 5.73 Å². The van der Waals surface area contributed by atoms with Crippen LogP contribution in [0.15, 0.2) is 0 Å². The maximum absolute atomic E-state index is 11.8. The molecule has 82 valence electrons. The van der Waals surface area contributed by atoms with Gasteiger partial charge in [0.25, 0.3) is 5.91 Å².